The van der Waals surface area contributed by atoms with Crippen LogP contribution in [0.5, 0.6) is 0 Å². The molecular formula is C17H17N3O3. The molecule has 6 nitrogen and oxygen atoms in total. The van der Waals surface area contributed by atoms with E-state index in [4.69, 9.17) is 4.74 Å². The summed E-state index contributed by atoms with van der Waals surface area (Å²) in [5, 5.41) is 0.943. The maximum Gasteiger partial charge on any atom is 0.255 e. The lowest BCUT2D eigenvalue weighted by Gasteiger charge is -2.33. The fourth-order valence-corrected chi connectivity index (χ4v) is 3.29. The first-order valence-corrected chi connectivity index (χ1v) is 7.65. The van der Waals surface area contributed by atoms with Crippen molar-refractivity contribution in [3.8, 4) is 0 Å². The molecule has 2 aliphatic heterocycles. The van der Waals surface area contributed by atoms with E-state index in [0.717, 1.165) is 10.9 Å². The second-order valence-corrected chi connectivity index (χ2v) is 6.05. The molecular weight excluding hydrogens is 294 g/mol. The Morgan fingerprint density at radius 1 is 1.30 bits per heavy atom. The second kappa shape index (κ2) is 5.31. The van der Waals surface area contributed by atoms with Crippen LogP contribution in [0.25, 0.3) is 10.9 Å². The number of carbonyl (C=O) groups excluding carboxylic acids is 2. The minimum absolute atomic E-state index is 0.0343. The third-order valence-electron chi connectivity index (χ3n) is 4.67. The number of rotatable bonds is 1. The average molecular weight is 311 g/mol. The van der Waals surface area contributed by atoms with Crippen molar-refractivity contribution >= 4 is 22.7 Å². The molecule has 4 rings (SSSR count). The fourth-order valence-electron chi connectivity index (χ4n) is 3.29. The Kier molecular flexibility index (Phi) is 3.27. The highest BCUT2D eigenvalue weighted by Crippen LogP contribution is 2.24. The average Bonchev–Trinajstić information content (AvgIpc) is 3.02. The monoisotopic (exact) mass is 311 g/mol. The van der Waals surface area contributed by atoms with Crippen LogP contribution < -0.4 is 0 Å². The number of likely N-dealkylation sites (N-methyl/N-ethyl adjacent to an activating group) is 1. The van der Waals surface area contributed by atoms with E-state index in [2.05, 4.69) is 4.98 Å². The first-order chi connectivity index (χ1) is 11.1. The third-order valence-corrected chi connectivity index (χ3v) is 4.67. The number of para-hydroxylation sites is 1. The molecule has 23 heavy (non-hydrogen) atoms. The molecule has 1 aromatic carbocycles. The van der Waals surface area contributed by atoms with Crippen LogP contribution in [0.3, 0.4) is 0 Å². The molecule has 6 heteroatoms. The summed E-state index contributed by atoms with van der Waals surface area (Å²) >= 11 is 0. The number of amides is 2. The molecule has 2 saturated heterocycles. The van der Waals surface area contributed by atoms with E-state index in [1.807, 2.05) is 30.3 Å². The highest BCUT2D eigenvalue weighted by molar-refractivity contribution is 5.97. The molecule has 0 unspecified atom stereocenters. The minimum Gasteiger partial charge on any atom is -0.364 e. The first-order valence-electron chi connectivity index (χ1n) is 7.65. The molecule has 0 bridgehead atoms. The zero-order chi connectivity index (χ0) is 16.0. The molecule has 1 aromatic heterocycles. The largest absolute Gasteiger partial charge is 0.364 e. The van der Waals surface area contributed by atoms with Crippen molar-refractivity contribution < 1.29 is 14.3 Å². The van der Waals surface area contributed by atoms with Gasteiger partial charge >= 0.3 is 0 Å². The van der Waals surface area contributed by atoms with Gasteiger partial charge in [0, 0.05) is 31.7 Å². The van der Waals surface area contributed by atoms with Crippen molar-refractivity contribution in [3.05, 3.63) is 42.1 Å². The summed E-state index contributed by atoms with van der Waals surface area (Å²) in [5.41, 5.74) is 1.43. The Balaban J connectivity index is 1.58. The lowest BCUT2D eigenvalue weighted by Crippen LogP contribution is -2.51. The van der Waals surface area contributed by atoms with Gasteiger partial charge in [-0.3, -0.25) is 14.6 Å². The Labute approximate surface area is 133 Å². The van der Waals surface area contributed by atoms with Crippen LogP contribution in [0.15, 0.2) is 36.5 Å². The zero-order valence-electron chi connectivity index (χ0n) is 12.8. The molecule has 0 N–H and O–H groups in total. The molecule has 0 radical (unpaired) electrons. The van der Waals surface area contributed by atoms with E-state index >= 15 is 0 Å². The van der Waals surface area contributed by atoms with Gasteiger partial charge in [-0.15, -0.1) is 0 Å². The summed E-state index contributed by atoms with van der Waals surface area (Å²) in [6.07, 6.45) is 1.51. The number of ether oxygens (including phenoxy) is 1. The van der Waals surface area contributed by atoms with Crippen molar-refractivity contribution in [2.45, 2.75) is 12.1 Å². The molecule has 0 spiro atoms. The molecule has 2 atom stereocenters. The van der Waals surface area contributed by atoms with Crippen LogP contribution in [-0.4, -0.2) is 65.5 Å². The van der Waals surface area contributed by atoms with E-state index in [1.165, 1.54) is 0 Å². The minimum atomic E-state index is -0.102. The normalized spacial score (nSPS) is 24.1. The summed E-state index contributed by atoms with van der Waals surface area (Å²) in [4.78, 5) is 32.3. The van der Waals surface area contributed by atoms with Gasteiger partial charge in [0.1, 0.15) is 6.61 Å². The zero-order valence-corrected chi connectivity index (χ0v) is 12.8. The number of morpholine rings is 1. The van der Waals surface area contributed by atoms with E-state index in [9.17, 15) is 9.59 Å². The number of benzene rings is 1. The number of pyridine rings is 1. The van der Waals surface area contributed by atoms with Crippen LogP contribution in [0.2, 0.25) is 0 Å². The standard InChI is InChI=1S/C17H17N3O3/c1-19-14-8-20(9-15(14)23-10-16(19)21)17(22)12-6-11-4-2-3-5-13(11)18-7-12/h2-7,14-15H,8-10H2,1H3/t14-,15-/m0/s1. The van der Waals surface area contributed by atoms with Gasteiger partial charge < -0.3 is 14.5 Å². The molecule has 0 saturated carbocycles. The van der Waals surface area contributed by atoms with Gasteiger partial charge in [0.05, 0.1) is 23.2 Å². The van der Waals surface area contributed by atoms with Gasteiger partial charge in [0.2, 0.25) is 5.91 Å². The summed E-state index contributed by atoms with van der Waals surface area (Å²) in [6.45, 7) is 1.10. The molecule has 118 valence electrons. The fraction of sp³-hybridized carbons (Fsp3) is 0.353. The van der Waals surface area contributed by atoms with Crippen LogP contribution in [0.4, 0.5) is 0 Å². The molecule has 2 amide bonds. The summed E-state index contributed by atoms with van der Waals surface area (Å²) in [6, 6.07) is 9.51. The second-order valence-electron chi connectivity index (χ2n) is 6.05. The number of fused-ring (bicyclic) bond motifs is 2. The van der Waals surface area contributed by atoms with Gasteiger partial charge in [0.15, 0.2) is 0 Å². The van der Waals surface area contributed by atoms with Gasteiger partial charge in [-0.25, -0.2) is 0 Å². The first kappa shape index (κ1) is 14.1. The molecule has 2 aromatic rings. The number of aromatic nitrogens is 1. The van der Waals surface area contributed by atoms with E-state index in [1.54, 1.807) is 23.0 Å². The van der Waals surface area contributed by atoms with Gasteiger partial charge in [0.25, 0.3) is 5.91 Å². The van der Waals surface area contributed by atoms with E-state index in [0.29, 0.717) is 18.7 Å². The maximum atomic E-state index is 12.7. The topological polar surface area (TPSA) is 62.7 Å². The Bertz CT molecular complexity index is 792. The lowest BCUT2D eigenvalue weighted by atomic mass is 10.1. The van der Waals surface area contributed by atoms with Crippen molar-refractivity contribution in [1.82, 2.24) is 14.8 Å². The van der Waals surface area contributed by atoms with Crippen LogP contribution in [0, 0.1) is 0 Å². The van der Waals surface area contributed by atoms with E-state index < -0.39 is 0 Å². The molecule has 2 fully saturated rings. The smallest absolute Gasteiger partial charge is 0.255 e. The summed E-state index contributed by atoms with van der Waals surface area (Å²) in [7, 11) is 1.77. The van der Waals surface area contributed by atoms with Gasteiger partial charge in [-0.1, -0.05) is 18.2 Å². The SMILES string of the molecule is CN1C(=O)CO[C@H]2CN(C(=O)c3cnc4ccccc4c3)C[C@@H]21. The van der Waals surface area contributed by atoms with Crippen molar-refractivity contribution in [2.75, 3.05) is 26.7 Å². The highest BCUT2D eigenvalue weighted by atomic mass is 16.5. The maximum absolute atomic E-state index is 12.7. The number of nitrogens with zero attached hydrogens (tertiary/aromatic N) is 3. The summed E-state index contributed by atoms with van der Waals surface area (Å²) in [5.74, 6) is -0.102. The third kappa shape index (κ3) is 2.35. The molecule has 0 aliphatic carbocycles. The number of hydrogen-bond donors (Lipinski definition) is 0. The van der Waals surface area contributed by atoms with Gasteiger partial charge in [-0.05, 0) is 12.1 Å². The Morgan fingerprint density at radius 3 is 3.00 bits per heavy atom. The predicted octanol–water partition coefficient (Wildman–Crippen LogP) is 0.916. The van der Waals surface area contributed by atoms with Crippen molar-refractivity contribution in [2.24, 2.45) is 0 Å². The van der Waals surface area contributed by atoms with Gasteiger partial charge in [-0.2, -0.15) is 0 Å². The number of hydrogen-bond acceptors (Lipinski definition) is 4. The van der Waals surface area contributed by atoms with E-state index in [-0.39, 0.29) is 30.6 Å². The Morgan fingerprint density at radius 2 is 2.13 bits per heavy atom. The molecule has 3 heterocycles. The predicted molar refractivity (Wildman–Crippen MR) is 83.9 cm³/mol. The molecule has 2 aliphatic rings. The van der Waals surface area contributed by atoms with Crippen molar-refractivity contribution in [1.29, 1.82) is 0 Å². The Hall–Kier alpha value is -2.47. The quantitative estimate of drug-likeness (QED) is 0.785. The lowest BCUT2D eigenvalue weighted by molar-refractivity contribution is -0.150. The summed E-state index contributed by atoms with van der Waals surface area (Å²) < 4.78 is 5.57. The van der Waals surface area contributed by atoms with Crippen LogP contribution in [-0.2, 0) is 9.53 Å². The highest BCUT2D eigenvalue weighted by Gasteiger charge is 2.43. The van der Waals surface area contributed by atoms with Crippen LogP contribution >= 0.6 is 0 Å². The van der Waals surface area contributed by atoms with Crippen molar-refractivity contribution in [3.63, 3.8) is 0 Å². The number of likely N-dealkylation sites (tertiary alicyclic amines) is 1. The van der Waals surface area contributed by atoms with Crippen LogP contribution in [0.1, 0.15) is 10.4 Å². The number of carbonyl (C=O) groups is 2.